The van der Waals surface area contributed by atoms with Gasteiger partial charge in [-0.3, -0.25) is 29.2 Å². The highest BCUT2D eigenvalue weighted by molar-refractivity contribution is 5.93. The predicted octanol–water partition coefficient (Wildman–Crippen LogP) is 5.33. The summed E-state index contributed by atoms with van der Waals surface area (Å²) in [6, 6.07) is 13.0. The van der Waals surface area contributed by atoms with Crippen LogP contribution in [0.2, 0.25) is 0 Å². The summed E-state index contributed by atoms with van der Waals surface area (Å²) < 4.78 is 13.6. The Morgan fingerprint density at radius 1 is 1.11 bits per heavy atom. The van der Waals surface area contributed by atoms with Crippen molar-refractivity contribution in [2.24, 2.45) is 16.3 Å². The third-order valence-corrected chi connectivity index (χ3v) is 10.1. The number of allylic oxidation sites excluding steroid dienone is 2. The Hall–Kier alpha value is -5.07. The molecule has 12 heteroatoms. The van der Waals surface area contributed by atoms with Gasteiger partial charge < -0.3 is 24.3 Å². The second kappa shape index (κ2) is 19.0. The van der Waals surface area contributed by atoms with Crippen molar-refractivity contribution in [3.8, 4) is 11.1 Å². The summed E-state index contributed by atoms with van der Waals surface area (Å²) in [7, 11) is 1.58. The first kappa shape index (κ1) is 41.1. The van der Waals surface area contributed by atoms with Crippen LogP contribution in [-0.4, -0.2) is 96.9 Å². The van der Waals surface area contributed by atoms with Gasteiger partial charge in [0.15, 0.2) is 0 Å². The summed E-state index contributed by atoms with van der Waals surface area (Å²) in [5, 5.41) is 5.70. The van der Waals surface area contributed by atoms with Crippen molar-refractivity contribution in [1.82, 2.24) is 25.2 Å². The first-order valence-electron chi connectivity index (χ1n) is 19.2. The highest BCUT2D eigenvalue weighted by atomic mass is 16.5. The molecule has 2 N–H and O–H groups in total. The molecule has 3 aromatic rings. The van der Waals surface area contributed by atoms with E-state index in [1.807, 2.05) is 45.1 Å². The maximum absolute atomic E-state index is 13.9. The summed E-state index contributed by atoms with van der Waals surface area (Å²) in [6.45, 7) is 13.1. The van der Waals surface area contributed by atoms with Crippen molar-refractivity contribution in [1.29, 1.82) is 0 Å². The topological polar surface area (TPSA) is 135 Å². The largest absolute Gasteiger partial charge is 0.467 e. The molecule has 294 valence electrons. The van der Waals surface area contributed by atoms with Crippen LogP contribution < -0.4 is 10.7 Å². The number of aliphatic imine (C=N–C) groups is 1. The van der Waals surface area contributed by atoms with Crippen LogP contribution in [0.15, 0.2) is 65.8 Å². The summed E-state index contributed by atoms with van der Waals surface area (Å²) in [5.41, 5.74) is 8.94. The lowest BCUT2D eigenvalue weighted by molar-refractivity contribution is -0.142. The van der Waals surface area contributed by atoms with Crippen LogP contribution in [0.3, 0.4) is 0 Å². The molecule has 0 aliphatic carbocycles. The maximum Gasteiger partial charge on any atom is 0.293 e. The van der Waals surface area contributed by atoms with Crippen LogP contribution in [0, 0.1) is 11.3 Å². The Labute approximate surface area is 324 Å². The Morgan fingerprint density at radius 2 is 1.91 bits per heavy atom. The third-order valence-electron chi connectivity index (χ3n) is 10.1. The van der Waals surface area contributed by atoms with Crippen LogP contribution in [0.25, 0.3) is 28.1 Å². The zero-order valence-electron chi connectivity index (χ0n) is 33.0. The van der Waals surface area contributed by atoms with Crippen molar-refractivity contribution in [2.75, 3.05) is 33.4 Å². The number of nitrogens with one attached hydrogen (secondary N) is 2. The fraction of sp³-hybridized carbons (Fsp3) is 0.465. The third kappa shape index (κ3) is 10.6. The number of hydrogen-bond acceptors (Lipinski definition) is 8. The first-order chi connectivity index (χ1) is 26.4. The van der Waals surface area contributed by atoms with E-state index in [0.717, 1.165) is 51.7 Å². The van der Waals surface area contributed by atoms with E-state index in [1.54, 1.807) is 24.5 Å². The van der Waals surface area contributed by atoms with Gasteiger partial charge >= 0.3 is 0 Å². The number of benzene rings is 2. The van der Waals surface area contributed by atoms with E-state index in [2.05, 4.69) is 70.6 Å². The Morgan fingerprint density at radius 3 is 2.64 bits per heavy atom. The summed E-state index contributed by atoms with van der Waals surface area (Å²) >= 11 is 0. The Balaban J connectivity index is 1.54. The monoisotopic (exact) mass is 752 g/mol. The summed E-state index contributed by atoms with van der Waals surface area (Å²) in [5.74, 6) is -0.729. The maximum atomic E-state index is 13.9. The number of ether oxygens (including phenoxy) is 2. The van der Waals surface area contributed by atoms with Crippen molar-refractivity contribution in [3.63, 3.8) is 0 Å². The number of likely N-dealkylation sites (N-methyl/N-ethyl adjacent to an activating group) is 1. The second-order valence-corrected chi connectivity index (χ2v) is 15.6. The fourth-order valence-electron chi connectivity index (χ4n) is 7.48. The normalized spacial score (nSPS) is 18.7. The molecule has 3 heterocycles. The molecule has 3 amide bonds. The molecule has 0 radical (unpaired) electrons. The molecule has 3 unspecified atom stereocenters. The minimum absolute atomic E-state index is 0.134. The molecular formula is C43H56N6O6. The number of aromatic nitrogens is 1. The smallest absolute Gasteiger partial charge is 0.293 e. The average Bonchev–Trinajstić information content (AvgIpc) is 3.44. The van der Waals surface area contributed by atoms with Gasteiger partial charge in [-0.15, -0.1) is 0 Å². The number of nitrogens with zero attached hydrogens (tertiary/aromatic N) is 4. The molecule has 0 saturated carbocycles. The molecule has 1 fully saturated rings. The molecule has 2 aromatic carbocycles. The summed E-state index contributed by atoms with van der Waals surface area (Å²) in [6.07, 6.45) is 12.8. The van der Waals surface area contributed by atoms with Crippen molar-refractivity contribution >= 4 is 47.9 Å². The van der Waals surface area contributed by atoms with Gasteiger partial charge in [0, 0.05) is 67.5 Å². The van der Waals surface area contributed by atoms with Crippen molar-refractivity contribution in [2.45, 2.75) is 85.0 Å². The second-order valence-electron chi connectivity index (χ2n) is 15.6. The quantitative estimate of drug-likeness (QED) is 0.213. The molecule has 0 bridgehead atoms. The van der Waals surface area contributed by atoms with Gasteiger partial charge in [-0.2, -0.15) is 0 Å². The van der Waals surface area contributed by atoms with Gasteiger partial charge in [0.05, 0.1) is 19.3 Å². The zero-order valence-corrected chi connectivity index (χ0v) is 33.0. The standard InChI is InChI=1S/C43H56N6O6/c1-30(2)40(47(6)28-50)41(52)46-37(42(53)49-19-10-9-18-45-49)23-32-12-11-13-33(22-32)34-15-16-39-35(24-34)36(25-43(4,5)27-54-29-51)38-14-7-8-17-44-26-31(3)55-21-20-48(38)39/h7-8,11-17,22,24,26,28-31,37,40,45H,9-10,18-21,23,25,27H2,1-6H3,(H,46,52)/b14-7+,17-8-,44-26?. The Kier molecular flexibility index (Phi) is 14.2. The highest BCUT2D eigenvalue weighted by Crippen LogP contribution is 2.36. The van der Waals surface area contributed by atoms with E-state index >= 15 is 0 Å². The molecule has 1 saturated heterocycles. The molecule has 1 aromatic heterocycles. The number of carbonyl (C=O) groups excluding carboxylic acids is 4. The molecule has 0 spiro atoms. The number of carbonyl (C=O) groups is 4. The molecule has 55 heavy (non-hydrogen) atoms. The van der Waals surface area contributed by atoms with Gasteiger partial charge in [-0.05, 0) is 78.6 Å². The van der Waals surface area contributed by atoms with E-state index in [0.29, 0.717) is 45.5 Å². The predicted molar refractivity (Wildman–Crippen MR) is 216 cm³/mol. The Bertz CT molecular complexity index is 1910. The van der Waals surface area contributed by atoms with Crippen molar-refractivity contribution in [3.05, 3.63) is 77.6 Å². The molecule has 2 aliphatic rings. The van der Waals surface area contributed by atoms with Crippen molar-refractivity contribution < 1.29 is 28.7 Å². The minimum atomic E-state index is -0.844. The zero-order chi connectivity index (χ0) is 39.5. The number of hydrogen-bond donors (Lipinski definition) is 2. The van der Waals surface area contributed by atoms with Gasteiger partial charge in [-0.1, -0.05) is 64.1 Å². The van der Waals surface area contributed by atoms with Crippen LogP contribution in [0.5, 0.6) is 0 Å². The number of fused-ring (bicyclic) bond motifs is 3. The van der Waals surface area contributed by atoms with E-state index in [1.165, 1.54) is 4.90 Å². The molecule has 2 aliphatic heterocycles. The van der Waals surface area contributed by atoms with Crippen LogP contribution >= 0.6 is 0 Å². The first-order valence-corrected chi connectivity index (χ1v) is 19.2. The number of hydrazine groups is 1. The fourth-order valence-corrected chi connectivity index (χ4v) is 7.48. The van der Waals surface area contributed by atoms with E-state index in [4.69, 9.17) is 9.47 Å². The van der Waals surface area contributed by atoms with Crippen LogP contribution in [0.4, 0.5) is 0 Å². The van der Waals surface area contributed by atoms with Crippen LogP contribution in [0.1, 0.15) is 64.3 Å². The van der Waals surface area contributed by atoms with E-state index in [-0.39, 0.29) is 42.3 Å². The molecule has 12 nitrogen and oxygen atoms in total. The van der Waals surface area contributed by atoms with E-state index in [9.17, 15) is 19.2 Å². The SMILES string of the molecule is CC1C=N/C=C\C=C\c2c(CC(C)(C)COC=O)c3cc(-c4cccc(CC(NC(=O)C(C(C)C)N(C)C=O)C(=O)N5CCCCN5)c4)ccc3n2CCO1. The molecule has 3 atom stereocenters. The average molecular weight is 753 g/mol. The van der Waals surface area contributed by atoms with Gasteiger partial charge in [0.1, 0.15) is 12.1 Å². The molecule has 5 rings (SSSR count). The number of amides is 3. The minimum Gasteiger partial charge on any atom is -0.467 e. The lowest BCUT2D eigenvalue weighted by Crippen LogP contribution is -2.58. The van der Waals surface area contributed by atoms with E-state index < -0.39 is 12.1 Å². The van der Waals surface area contributed by atoms with Gasteiger partial charge in [0.25, 0.3) is 12.4 Å². The van der Waals surface area contributed by atoms with Crippen LogP contribution in [-0.2, 0) is 48.0 Å². The number of rotatable bonds is 14. The van der Waals surface area contributed by atoms with Gasteiger partial charge in [-0.25, -0.2) is 5.43 Å². The summed E-state index contributed by atoms with van der Waals surface area (Å²) in [4.78, 5) is 56.1. The lowest BCUT2D eigenvalue weighted by atomic mass is 9.85. The molecular weight excluding hydrogens is 697 g/mol. The van der Waals surface area contributed by atoms with Gasteiger partial charge in [0.2, 0.25) is 12.3 Å². The lowest BCUT2D eigenvalue weighted by Gasteiger charge is -2.33. The highest BCUT2D eigenvalue weighted by Gasteiger charge is 2.33.